The summed E-state index contributed by atoms with van der Waals surface area (Å²) in [5.41, 5.74) is 2.61. The summed E-state index contributed by atoms with van der Waals surface area (Å²) in [6.45, 7) is 10.9. The lowest BCUT2D eigenvalue weighted by Crippen LogP contribution is -3.13. The first-order chi connectivity index (χ1) is 12.9. The standard InChI is InChI=1S/C21H28N4OS/c1-13(2)16-5-7-17(8-6-16)18(24-11-9-14(3)10-12-24)19-20(26)25-21(27-19)22-15(4)23-25/h5-8,13-14,18,26H,9-12H2,1-4H3/p+1/t18-/m0/s1. The average Bonchev–Trinajstić information content (AvgIpc) is 3.15. The van der Waals surface area contributed by atoms with Crippen LogP contribution in [0.2, 0.25) is 0 Å². The maximum atomic E-state index is 10.9. The van der Waals surface area contributed by atoms with Crippen LogP contribution in [-0.4, -0.2) is 32.8 Å². The highest BCUT2D eigenvalue weighted by atomic mass is 32.1. The van der Waals surface area contributed by atoms with E-state index in [0.717, 1.165) is 28.8 Å². The van der Waals surface area contributed by atoms with Crippen LogP contribution in [0.3, 0.4) is 0 Å². The SMILES string of the molecule is Cc1nc2sc([C@H](c3ccc(C(C)C)cc3)[NH+]3CCC(C)CC3)c(O)n2n1. The Kier molecular flexibility index (Phi) is 4.95. The molecule has 0 spiro atoms. The fraction of sp³-hybridized carbons (Fsp3) is 0.524. The molecule has 2 N–H and O–H groups in total. The highest BCUT2D eigenvalue weighted by Crippen LogP contribution is 2.35. The van der Waals surface area contributed by atoms with Gasteiger partial charge in [-0.25, -0.2) is 4.98 Å². The molecule has 1 fully saturated rings. The number of hydrogen-bond donors (Lipinski definition) is 2. The lowest BCUT2D eigenvalue weighted by atomic mass is 9.94. The number of aryl methyl sites for hydroxylation is 1. The quantitative estimate of drug-likeness (QED) is 0.724. The molecule has 0 bridgehead atoms. The second-order valence-electron chi connectivity index (χ2n) is 8.24. The first-order valence-corrected chi connectivity index (χ1v) is 10.7. The molecule has 1 aliphatic heterocycles. The number of hydrogen-bond acceptors (Lipinski definition) is 4. The van der Waals surface area contributed by atoms with E-state index in [1.807, 2.05) is 6.92 Å². The van der Waals surface area contributed by atoms with Gasteiger partial charge >= 0.3 is 0 Å². The predicted octanol–water partition coefficient (Wildman–Crippen LogP) is 3.33. The predicted molar refractivity (Wildman–Crippen MR) is 109 cm³/mol. The summed E-state index contributed by atoms with van der Waals surface area (Å²) in [5.74, 6) is 2.25. The van der Waals surface area contributed by atoms with Gasteiger partial charge in [-0.1, -0.05) is 56.4 Å². The van der Waals surface area contributed by atoms with E-state index in [1.54, 1.807) is 15.9 Å². The lowest BCUT2D eigenvalue weighted by molar-refractivity contribution is -0.931. The minimum absolute atomic E-state index is 0.132. The van der Waals surface area contributed by atoms with Gasteiger partial charge in [0.15, 0.2) is 6.04 Å². The zero-order valence-electron chi connectivity index (χ0n) is 16.6. The van der Waals surface area contributed by atoms with E-state index in [9.17, 15) is 5.11 Å². The van der Waals surface area contributed by atoms with Gasteiger partial charge in [-0.3, -0.25) is 0 Å². The Morgan fingerprint density at radius 2 is 1.78 bits per heavy atom. The van der Waals surface area contributed by atoms with E-state index < -0.39 is 0 Å². The zero-order valence-corrected chi connectivity index (χ0v) is 17.4. The molecule has 0 saturated carbocycles. The molecule has 5 nitrogen and oxygen atoms in total. The minimum atomic E-state index is 0.132. The summed E-state index contributed by atoms with van der Waals surface area (Å²) in [4.78, 5) is 7.75. The van der Waals surface area contributed by atoms with Crippen molar-refractivity contribution < 1.29 is 10.0 Å². The van der Waals surface area contributed by atoms with Crippen LogP contribution in [0, 0.1) is 12.8 Å². The molecule has 6 heteroatoms. The molecule has 0 radical (unpaired) electrons. The number of aromatic nitrogens is 3. The van der Waals surface area contributed by atoms with Gasteiger partial charge in [-0.2, -0.15) is 4.52 Å². The van der Waals surface area contributed by atoms with Gasteiger partial charge in [0.25, 0.3) is 0 Å². The van der Waals surface area contributed by atoms with Gasteiger partial charge in [0, 0.05) is 5.56 Å². The molecule has 3 heterocycles. The molecule has 0 aliphatic carbocycles. The van der Waals surface area contributed by atoms with Crippen molar-refractivity contribution in [1.29, 1.82) is 0 Å². The molecular formula is C21H29N4OS+. The number of aromatic hydroxyl groups is 1. The van der Waals surface area contributed by atoms with E-state index in [0.29, 0.717) is 11.7 Å². The summed E-state index contributed by atoms with van der Waals surface area (Å²) in [6.07, 6.45) is 2.47. The van der Waals surface area contributed by atoms with Crippen LogP contribution in [-0.2, 0) is 0 Å². The minimum Gasteiger partial charge on any atom is -0.492 e. The van der Waals surface area contributed by atoms with E-state index in [4.69, 9.17) is 0 Å². The third-order valence-electron chi connectivity index (χ3n) is 5.83. The summed E-state index contributed by atoms with van der Waals surface area (Å²) in [6, 6.07) is 9.08. The van der Waals surface area contributed by atoms with Crippen molar-refractivity contribution in [2.75, 3.05) is 13.1 Å². The van der Waals surface area contributed by atoms with Crippen molar-refractivity contribution in [3.05, 3.63) is 46.1 Å². The number of nitrogens with one attached hydrogen (secondary N) is 1. The molecule has 1 aromatic carbocycles. The first kappa shape index (κ1) is 18.4. The summed E-state index contributed by atoms with van der Waals surface area (Å²) >= 11 is 1.57. The Balaban J connectivity index is 1.77. The zero-order chi connectivity index (χ0) is 19.1. The molecule has 1 atom stereocenters. The number of benzene rings is 1. The summed E-state index contributed by atoms with van der Waals surface area (Å²) < 4.78 is 1.59. The maximum Gasteiger partial charge on any atom is 0.235 e. The van der Waals surface area contributed by atoms with Crippen molar-refractivity contribution in [3.8, 4) is 5.88 Å². The van der Waals surface area contributed by atoms with Crippen LogP contribution < -0.4 is 4.90 Å². The fourth-order valence-corrected chi connectivity index (χ4v) is 5.29. The Morgan fingerprint density at radius 1 is 1.15 bits per heavy atom. The Morgan fingerprint density at radius 3 is 2.37 bits per heavy atom. The topological polar surface area (TPSA) is 54.9 Å². The second-order valence-corrected chi connectivity index (χ2v) is 9.25. The Labute approximate surface area is 164 Å². The van der Waals surface area contributed by atoms with Gasteiger partial charge in [0.2, 0.25) is 10.8 Å². The van der Waals surface area contributed by atoms with E-state index in [2.05, 4.69) is 55.1 Å². The molecule has 144 valence electrons. The third kappa shape index (κ3) is 3.48. The van der Waals surface area contributed by atoms with Crippen molar-refractivity contribution in [3.63, 3.8) is 0 Å². The second kappa shape index (κ2) is 7.24. The monoisotopic (exact) mass is 385 g/mol. The number of nitrogens with zero attached hydrogens (tertiary/aromatic N) is 3. The van der Waals surface area contributed by atoms with E-state index in [1.165, 1.54) is 28.9 Å². The smallest absolute Gasteiger partial charge is 0.235 e. The van der Waals surface area contributed by atoms with Crippen molar-refractivity contribution in [1.82, 2.24) is 14.6 Å². The third-order valence-corrected chi connectivity index (χ3v) is 6.91. The first-order valence-electron chi connectivity index (χ1n) is 9.93. The normalized spacial score (nSPS) is 21.8. The van der Waals surface area contributed by atoms with Crippen molar-refractivity contribution in [2.24, 2.45) is 5.92 Å². The molecule has 27 heavy (non-hydrogen) atoms. The molecular weight excluding hydrogens is 356 g/mol. The van der Waals surface area contributed by atoms with Crippen molar-refractivity contribution in [2.45, 2.75) is 52.5 Å². The molecule has 2 aromatic heterocycles. The molecule has 0 unspecified atom stereocenters. The van der Waals surface area contributed by atoms with Gasteiger partial charge in [0.1, 0.15) is 10.7 Å². The van der Waals surface area contributed by atoms with Gasteiger partial charge in [-0.05, 0) is 37.2 Å². The molecule has 4 rings (SSSR count). The average molecular weight is 386 g/mol. The van der Waals surface area contributed by atoms with Crippen molar-refractivity contribution >= 4 is 16.3 Å². The van der Waals surface area contributed by atoms with Gasteiger partial charge in [0.05, 0.1) is 13.1 Å². The van der Waals surface area contributed by atoms with Crippen LogP contribution in [0.4, 0.5) is 0 Å². The number of thiazole rings is 1. The van der Waals surface area contributed by atoms with E-state index in [-0.39, 0.29) is 11.9 Å². The number of fused-ring (bicyclic) bond motifs is 1. The van der Waals surface area contributed by atoms with Crippen LogP contribution in [0.25, 0.3) is 4.96 Å². The molecule has 1 saturated heterocycles. The van der Waals surface area contributed by atoms with Crippen LogP contribution in [0.15, 0.2) is 24.3 Å². The number of quaternary nitrogens is 1. The number of rotatable bonds is 4. The highest BCUT2D eigenvalue weighted by molar-refractivity contribution is 7.17. The summed E-state index contributed by atoms with van der Waals surface area (Å²) in [5, 5.41) is 15.3. The van der Waals surface area contributed by atoms with Crippen LogP contribution >= 0.6 is 11.3 Å². The van der Waals surface area contributed by atoms with E-state index >= 15 is 0 Å². The number of likely N-dealkylation sites (tertiary alicyclic amines) is 1. The Bertz CT molecular complexity index is 920. The van der Waals surface area contributed by atoms with Crippen LogP contribution in [0.1, 0.15) is 67.4 Å². The van der Waals surface area contributed by atoms with Gasteiger partial charge in [-0.15, -0.1) is 5.10 Å². The largest absolute Gasteiger partial charge is 0.492 e. The molecule has 1 aliphatic rings. The Hall–Kier alpha value is -1.92. The molecule has 0 amide bonds. The van der Waals surface area contributed by atoms with Gasteiger partial charge < -0.3 is 10.0 Å². The van der Waals surface area contributed by atoms with Crippen LogP contribution in [0.5, 0.6) is 5.88 Å². The fourth-order valence-electron chi connectivity index (χ4n) is 4.10. The molecule has 3 aromatic rings. The maximum absolute atomic E-state index is 10.9. The summed E-state index contributed by atoms with van der Waals surface area (Å²) in [7, 11) is 0. The highest BCUT2D eigenvalue weighted by Gasteiger charge is 2.34. The number of piperidine rings is 1. The lowest BCUT2D eigenvalue weighted by Gasteiger charge is -2.33.